The van der Waals surface area contributed by atoms with Crippen molar-refractivity contribution in [3.8, 4) is 23.1 Å². The summed E-state index contributed by atoms with van der Waals surface area (Å²) >= 11 is 0. The van der Waals surface area contributed by atoms with Crippen molar-refractivity contribution in [1.29, 1.82) is 0 Å². The van der Waals surface area contributed by atoms with Gasteiger partial charge >= 0.3 is 0 Å². The van der Waals surface area contributed by atoms with Crippen LogP contribution in [0.5, 0.6) is 23.1 Å². The van der Waals surface area contributed by atoms with Crippen molar-refractivity contribution in [1.82, 2.24) is 14.8 Å². The molecule has 2 aromatic carbocycles. The summed E-state index contributed by atoms with van der Waals surface area (Å²) in [6.07, 6.45) is 5.03. The average Bonchev–Trinajstić information content (AvgIpc) is 3.33. The van der Waals surface area contributed by atoms with E-state index in [1.165, 1.54) is 11.8 Å². The number of rotatable bonds is 7. The highest BCUT2D eigenvalue weighted by atomic mass is 16.7. The molecule has 1 fully saturated rings. The second kappa shape index (κ2) is 9.84. The fraction of sp³-hybridized carbons (Fsp3) is 0.231. The van der Waals surface area contributed by atoms with Crippen LogP contribution in [-0.2, 0) is 6.54 Å². The number of nitrogens with two attached hydrogens (primary N) is 1. The summed E-state index contributed by atoms with van der Waals surface area (Å²) in [5.74, 6) is 2.53. The number of allylic oxidation sites excluding steroid dienone is 1. The monoisotopic (exact) mass is 458 g/mol. The third-order valence-corrected chi connectivity index (χ3v) is 5.79. The summed E-state index contributed by atoms with van der Waals surface area (Å²) in [6.45, 7) is 4.72. The lowest BCUT2D eigenvalue weighted by atomic mass is 10.1. The van der Waals surface area contributed by atoms with Gasteiger partial charge in [-0.3, -0.25) is 9.69 Å². The Labute approximate surface area is 198 Å². The molecule has 0 amide bonds. The van der Waals surface area contributed by atoms with Crippen LogP contribution in [0.1, 0.15) is 15.9 Å². The van der Waals surface area contributed by atoms with Gasteiger partial charge in [0, 0.05) is 56.6 Å². The van der Waals surface area contributed by atoms with E-state index in [0.717, 1.165) is 44.2 Å². The van der Waals surface area contributed by atoms with E-state index in [1.807, 2.05) is 12.3 Å². The van der Waals surface area contributed by atoms with Gasteiger partial charge in [-0.1, -0.05) is 18.2 Å². The highest BCUT2D eigenvalue weighted by Gasteiger charge is 2.18. The molecule has 34 heavy (non-hydrogen) atoms. The molecule has 2 aliphatic heterocycles. The van der Waals surface area contributed by atoms with Crippen molar-refractivity contribution < 1.29 is 19.0 Å². The van der Waals surface area contributed by atoms with Gasteiger partial charge in [-0.05, 0) is 35.9 Å². The van der Waals surface area contributed by atoms with E-state index in [0.29, 0.717) is 29.7 Å². The third kappa shape index (κ3) is 5.29. The first-order chi connectivity index (χ1) is 16.6. The second-order valence-corrected chi connectivity index (χ2v) is 8.24. The Balaban J connectivity index is 1.12. The number of piperazine rings is 1. The molecule has 0 saturated carbocycles. The number of hydrogen-bond acceptors (Lipinski definition) is 8. The maximum absolute atomic E-state index is 12.7. The molecule has 8 nitrogen and oxygen atoms in total. The fourth-order valence-corrected chi connectivity index (χ4v) is 3.92. The Kier molecular flexibility index (Phi) is 6.31. The minimum Gasteiger partial charge on any atom is -0.454 e. The SMILES string of the molecule is Nc1ccc(Oc2cccc(C(=O)C=CN3CCN(Cc4ccc5c(c4)OCO5)CC3)c2)nc1. The van der Waals surface area contributed by atoms with Crippen molar-refractivity contribution in [3.05, 3.63) is 84.2 Å². The Morgan fingerprint density at radius 3 is 2.71 bits per heavy atom. The van der Waals surface area contributed by atoms with E-state index in [1.54, 1.807) is 42.5 Å². The van der Waals surface area contributed by atoms with Gasteiger partial charge in [-0.2, -0.15) is 0 Å². The maximum Gasteiger partial charge on any atom is 0.231 e. The average molecular weight is 459 g/mol. The molecule has 1 aromatic heterocycles. The molecule has 3 heterocycles. The van der Waals surface area contributed by atoms with Crippen LogP contribution in [0.15, 0.2) is 73.1 Å². The minimum atomic E-state index is -0.0708. The number of nitrogens with zero attached hydrogens (tertiary/aromatic N) is 3. The lowest BCUT2D eigenvalue weighted by Crippen LogP contribution is -2.43. The number of anilines is 1. The van der Waals surface area contributed by atoms with Crippen molar-refractivity contribution in [2.24, 2.45) is 0 Å². The zero-order chi connectivity index (χ0) is 23.3. The van der Waals surface area contributed by atoms with Gasteiger partial charge in [-0.25, -0.2) is 4.98 Å². The quantitative estimate of drug-likeness (QED) is 0.423. The van der Waals surface area contributed by atoms with Crippen LogP contribution < -0.4 is 19.9 Å². The topological polar surface area (TPSA) is 90.2 Å². The Hall–Kier alpha value is -4.04. The van der Waals surface area contributed by atoms with Gasteiger partial charge in [0.2, 0.25) is 12.7 Å². The number of carbonyl (C=O) groups is 1. The van der Waals surface area contributed by atoms with Crippen molar-refractivity contribution in [2.45, 2.75) is 6.54 Å². The predicted octanol–water partition coefficient (Wildman–Crippen LogP) is 3.70. The molecule has 0 spiro atoms. The first kappa shape index (κ1) is 21.8. The Morgan fingerprint density at radius 2 is 1.88 bits per heavy atom. The molecule has 0 bridgehead atoms. The van der Waals surface area contributed by atoms with E-state index in [-0.39, 0.29) is 5.78 Å². The van der Waals surface area contributed by atoms with Gasteiger partial charge in [0.05, 0.1) is 11.9 Å². The van der Waals surface area contributed by atoms with E-state index >= 15 is 0 Å². The molecular weight excluding hydrogens is 432 g/mol. The van der Waals surface area contributed by atoms with Gasteiger partial charge < -0.3 is 24.8 Å². The molecule has 3 aromatic rings. The highest BCUT2D eigenvalue weighted by molar-refractivity contribution is 6.04. The smallest absolute Gasteiger partial charge is 0.231 e. The van der Waals surface area contributed by atoms with E-state index in [2.05, 4.69) is 26.9 Å². The van der Waals surface area contributed by atoms with Crippen LogP contribution in [0.25, 0.3) is 0 Å². The number of ether oxygens (including phenoxy) is 3. The van der Waals surface area contributed by atoms with Crippen LogP contribution in [0.3, 0.4) is 0 Å². The predicted molar refractivity (Wildman–Crippen MR) is 128 cm³/mol. The molecule has 1 saturated heterocycles. The number of pyridine rings is 1. The fourth-order valence-electron chi connectivity index (χ4n) is 3.92. The van der Waals surface area contributed by atoms with E-state index < -0.39 is 0 Å². The summed E-state index contributed by atoms with van der Waals surface area (Å²) in [6, 6.07) is 16.6. The summed E-state index contributed by atoms with van der Waals surface area (Å²) in [5, 5.41) is 0. The van der Waals surface area contributed by atoms with Crippen LogP contribution in [0.2, 0.25) is 0 Å². The molecule has 0 radical (unpaired) electrons. The van der Waals surface area contributed by atoms with Crippen LogP contribution in [0.4, 0.5) is 5.69 Å². The zero-order valence-corrected chi connectivity index (χ0v) is 18.7. The number of fused-ring (bicyclic) bond motifs is 1. The van der Waals surface area contributed by atoms with Crippen molar-refractivity contribution >= 4 is 11.5 Å². The molecule has 174 valence electrons. The summed E-state index contributed by atoms with van der Waals surface area (Å²) in [4.78, 5) is 21.4. The van der Waals surface area contributed by atoms with Gasteiger partial charge in [0.1, 0.15) is 5.75 Å². The van der Waals surface area contributed by atoms with Crippen LogP contribution in [-0.4, -0.2) is 53.5 Å². The summed E-state index contributed by atoms with van der Waals surface area (Å²) in [5.41, 5.74) is 7.99. The second-order valence-electron chi connectivity index (χ2n) is 8.24. The molecule has 0 aliphatic carbocycles. The number of aromatic nitrogens is 1. The third-order valence-electron chi connectivity index (χ3n) is 5.79. The standard InChI is InChI=1S/C26H26N4O4/c27-21-5-7-26(28-16-21)34-22-3-1-2-20(15-22)23(31)8-9-29-10-12-30(13-11-29)17-19-4-6-24-25(14-19)33-18-32-24/h1-9,14-16H,10-13,17-18,27H2. The first-order valence-corrected chi connectivity index (χ1v) is 11.2. The van der Waals surface area contributed by atoms with E-state index in [9.17, 15) is 4.79 Å². The zero-order valence-electron chi connectivity index (χ0n) is 18.7. The maximum atomic E-state index is 12.7. The molecule has 5 rings (SSSR count). The van der Waals surface area contributed by atoms with Gasteiger partial charge in [0.15, 0.2) is 17.3 Å². The number of benzene rings is 2. The molecular formula is C26H26N4O4. The van der Waals surface area contributed by atoms with Gasteiger partial charge in [-0.15, -0.1) is 0 Å². The number of carbonyl (C=O) groups excluding carboxylic acids is 1. The molecule has 2 aliphatic rings. The highest BCUT2D eigenvalue weighted by Crippen LogP contribution is 2.32. The minimum absolute atomic E-state index is 0.0708. The summed E-state index contributed by atoms with van der Waals surface area (Å²) < 4.78 is 16.6. The largest absolute Gasteiger partial charge is 0.454 e. The van der Waals surface area contributed by atoms with Gasteiger partial charge in [0.25, 0.3) is 0 Å². The molecule has 8 heteroatoms. The normalized spacial score (nSPS) is 15.6. The van der Waals surface area contributed by atoms with Crippen LogP contribution in [0, 0.1) is 0 Å². The summed E-state index contributed by atoms with van der Waals surface area (Å²) in [7, 11) is 0. The lowest BCUT2D eigenvalue weighted by Gasteiger charge is -2.34. The first-order valence-electron chi connectivity index (χ1n) is 11.2. The Bertz CT molecular complexity index is 1190. The van der Waals surface area contributed by atoms with Crippen molar-refractivity contribution in [2.75, 3.05) is 38.7 Å². The number of nitrogen functional groups attached to an aromatic ring is 1. The molecule has 0 unspecified atom stereocenters. The molecule has 0 atom stereocenters. The van der Waals surface area contributed by atoms with Crippen LogP contribution >= 0.6 is 0 Å². The van der Waals surface area contributed by atoms with Crippen molar-refractivity contribution in [3.63, 3.8) is 0 Å². The molecule has 2 N–H and O–H groups in total. The lowest BCUT2D eigenvalue weighted by molar-refractivity contribution is 0.104. The Morgan fingerprint density at radius 1 is 1.03 bits per heavy atom. The number of hydrogen-bond donors (Lipinski definition) is 1. The number of ketones is 1. The van der Waals surface area contributed by atoms with E-state index in [4.69, 9.17) is 19.9 Å².